The molecule has 0 amide bonds. The summed E-state index contributed by atoms with van der Waals surface area (Å²) in [7, 11) is 1.99. The van der Waals surface area contributed by atoms with Gasteiger partial charge < -0.3 is 10.0 Å². The molecule has 1 N–H and O–H groups in total. The summed E-state index contributed by atoms with van der Waals surface area (Å²) < 4.78 is 0. The van der Waals surface area contributed by atoms with E-state index in [1.165, 1.54) is 0 Å². The van der Waals surface area contributed by atoms with Gasteiger partial charge in [-0.25, -0.2) is 4.79 Å². The maximum Gasteiger partial charge on any atom is 0.335 e. The van der Waals surface area contributed by atoms with Crippen molar-refractivity contribution in [3.63, 3.8) is 0 Å². The molecule has 0 aromatic rings. The highest BCUT2D eigenvalue weighted by Gasteiger charge is 2.26. The van der Waals surface area contributed by atoms with Crippen LogP contribution in [0.15, 0.2) is 36.1 Å². The van der Waals surface area contributed by atoms with Gasteiger partial charge in [-0.15, -0.1) is 0 Å². The van der Waals surface area contributed by atoms with Gasteiger partial charge in [-0.05, 0) is 12.3 Å². The fourth-order valence-corrected chi connectivity index (χ4v) is 1.75. The van der Waals surface area contributed by atoms with E-state index >= 15 is 0 Å². The zero-order valence-electron chi connectivity index (χ0n) is 7.34. The third-order valence-corrected chi connectivity index (χ3v) is 2.50. The Labute approximate surface area is 76.7 Å². The van der Waals surface area contributed by atoms with Gasteiger partial charge >= 0.3 is 5.97 Å². The zero-order chi connectivity index (χ0) is 9.42. The summed E-state index contributed by atoms with van der Waals surface area (Å²) in [6.07, 6.45) is 9.42. The first-order valence-electron chi connectivity index (χ1n) is 4.22. The summed E-state index contributed by atoms with van der Waals surface area (Å²) in [6.45, 7) is 0. The second-order valence-electron chi connectivity index (χ2n) is 3.36. The molecule has 0 aromatic carbocycles. The zero-order valence-corrected chi connectivity index (χ0v) is 7.34. The number of hydrogen-bond donors (Lipinski definition) is 1. The number of rotatable bonds is 1. The molecule has 0 fully saturated rings. The van der Waals surface area contributed by atoms with Gasteiger partial charge in [0.1, 0.15) is 0 Å². The van der Waals surface area contributed by atoms with E-state index in [0.29, 0.717) is 11.6 Å². The minimum Gasteiger partial charge on any atom is -0.478 e. The summed E-state index contributed by atoms with van der Waals surface area (Å²) in [4.78, 5) is 12.7. The molecule has 0 saturated carbocycles. The fourth-order valence-electron chi connectivity index (χ4n) is 1.75. The van der Waals surface area contributed by atoms with Crippen molar-refractivity contribution >= 4 is 5.97 Å². The number of nitrogens with zero attached hydrogens (tertiary/aromatic N) is 1. The Morgan fingerprint density at radius 1 is 1.54 bits per heavy atom. The van der Waals surface area contributed by atoms with Gasteiger partial charge in [-0.1, -0.05) is 18.2 Å². The summed E-state index contributed by atoms with van der Waals surface area (Å²) >= 11 is 0. The van der Waals surface area contributed by atoms with Crippen LogP contribution < -0.4 is 0 Å². The van der Waals surface area contributed by atoms with Crippen LogP contribution in [0, 0.1) is 5.92 Å². The minimum absolute atomic E-state index is 0.223. The first-order valence-corrected chi connectivity index (χ1v) is 4.22. The van der Waals surface area contributed by atoms with Gasteiger partial charge in [0.15, 0.2) is 0 Å². The molecule has 0 aromatic heterocycles. The minimum atomic E-state index is -0.849. The lowest BCUT2D eigenvalue weighted by Crippen LogP contribution is -2.28. The Kier molecular flexibility index (Phi) is 1.72. The molecule has 3 nitrogen and oxygen atoms in total. The van der Waals surface area contributed by atoms with Crippen LogP contribution in [0.4, 0.5) is 0 Å². The van der Waals surface area contributed by atoms with Crippen molar-refractivity contribution in [3.05, 3.63) is 36.1 Å². The van der Waals surface area contributed by atoms with Crippen LogP contribution in [0.25, 0.3) is 0 Å². The maximum atomic E-state index is 10.7. The predicted octanol–water partition coefficient (Wildman–Crippen LogP) is 1.01. The number of carboxylic acids is 1. The van der Waals surface area contributed by atoms with Crippen LogP contribution in [-0.4, -0.2) is 29.1 Å². The molecule has 3 heteroatoms. The molecular formula is C10H11NO2. The highest BCUT2D eigenvalue weighted by Crippen LogP contribution is 2.27. The fraction of sp³-hybridized carbons (Fsp3) is 0.300. The van der Waals surface area contributed by atoms with Crippen molar-refractivity contribution in [3.8, 4) is 0 Å². The molecule has 1 heterocycles. The molecule has 2 rings (SSSR count). The first-order chi connectivity index (χ1) is 6.18. The number of carboxylic acid groups (broad SMARTS) is 1. The number of carbonyl (C=O) groups is 1. The van der Waals surface area contributed by atoms with Gasteiger partial charge in [0.05, 0.1) is 11.6 Å². The lowest BCUT2D eigenvalue weighted by molar-refractivity contribution is -0.132. The second kappa shape index (κ2) is 2.76. The van der Waals surface area contributed by atoms with Crippen LogP contribution in [0.3, 0.4) is 0 Å². The Morgan fingerprint density at radius 2 is 2.31 bits per heavy atom. The Bertz CT molecular complexity index is 328. The molecule has 0 radical (unpaired) electrons. The normalized spacial score (nSPS) is 30.2. The Balaban J connectivity index is 2.25. The standard InChI is InChI=1S/C10H11NO2/c1-11-5-4-7-6-8(10(12)13)2-3-9(7)11/h2-7,9H,1H3,(H,12,13). The number of aliphatic carboxylic acids is 1. The quantitative estimate of drug-likeness (QED) is 0.649. The van der Waals surface area contributed by atoms with Gasteiger partial charge in [0.25, 0.3) is 0 Å². The van der Waals surface area contributed by atoms with E-state index in [4.69, 9.17) is 5.11 Å². The molecule has 13 heavy (non-hydrogen) atoms. The molecule has 0 bridgehead atoms. The van der Waals surface area contributed by atoms with Crippen molar-refractivity contribution in [1.82, 2.24) is 4.90 Å². The van der Waals surface area contributed by atoms with E-state index in [1.54, 1.807) is 12.2 Å². The summed E-state index contributed by atoms with van der Waals surface area (Å²) in [6, 6.07) is 0.308. The van der Waals surface area contributed by atoms with Crippen molar-refractivity contribution in [2.75, 3.05) is 7.05 Å². The second-order valence-corrected chi connectivity index (χ2v) is 3.36. The average molecular weight is 177 g/mol. The largest absolute Gasteiger partial charge is 0.478 e. The summed E-state index contributed by atoms with van der Waals surface area (Å²) in [5.74, 6) is -0.626. The lowest BCUT2D eigenvalue weighted by Gasteiger charge is -2.24. The molecule has 0 spiro atoms. The van der Waals surface area contributed by atoms with Crippen molar-refractivity contribution < 1.29 is 9.90 Å². The molecule has 1 aliphatic carbocycles. The van der Waals surface area contributed by atoms with Crippen molar-refractivity contribution in [1.29, 1.82) is 0 Å². The molecule has 2 aliphatic rings. The van der Waals surface area contributed by atoms with E-state index in [2.05, 4.69) is 4.90 Å². The van der Waals surface area contributed by atoms with Gasteiger partial charge in [0, 0.05) is 13.0 Å². The van der Waals surface area contributed by atoms with Crippen LogP contribution in [0.2, 0.25) is 0 Å². The Hall–Kier alpha value is -1.51. The first kappa shape index (κ1) is 8.10. The van der Waals surface area contributed by atoms with E-state index in [-0.39, 0.29) is 5.92 Å². The monoisotopic (exact) mass is 177 g/mol. The van der Waals surface area contributed by atoms with Crippen LogP contribution in [0.1, 0.15) is 0 Å². The molecule has 2 atom stereocenters. The molecule has 0 saturated heterocycles. The smallest absolute Gasteiger partial charge is 0.335 e. The van der Waals surface area contributed by atoms with Crippen LogP contribution in [-0.2, 0) is 4.79 Å². The van der Waals surface area contributed by atoms with Crippen molar-refractivity contribution in [2.45, 2.75) is 6.04 Å². The molecule has 68 valence electrons. The topological polar surface area (TPSA) is 40.5 Å². The van der Waals surface area contributed by atoms with Gasteiger partial charge in [0.2, 0.25) is 0 Å². The highest BCUT2D eigenvalue weighted by molar-refractivity contribution is 5.90. The third kappa shape index (κ3) is 1.26. The van der Waals surface area contributed by atoms with E-state index in [9.17, 15) is 4.79 Å². The van der Waals surface area contributed by atoms with E-state index in [0.717, 1.165) is 0 Å². The molecule has 1 aliphatic heterocycles. The van der Waals surface area contributed by atoms with Crippen LogP contribution in [0.5, 0.6) is 0 Å². The number of likely N-dealkylation sites (N-methyl/N-ethyl adjacent to an activating group) is 1. The van der Waals surface area contributed by atoms with E-state index < -0.39 is 5.97 Å². The third-order valence-electron chi connectivity index (χ3n) is 2.50. The van der Waals surface area contributed by atoms with E-state index in [1.807, 2.05) is 25.4 Å². The average Bonchev–Trinajstić information content (AvgIpc) is 2.47. The summed E-state index contributed by atoms with van der Waals surface area (Å²) in [5.41, 5.74) is 0.390. The number of hydrogen-bond acceptors (Lipinski definition) is 2. The maximum absolute atomic E-state index is 10.7. The predicted molar refractivity (Wildman–Crippen MR) is 49.0 cm³/mol. The highest BCUT2D eigenvalue weighted by atomic mass is 16.4. The SMILES string of the molecule is CN1C=CC2C=C(C(=O)O)C=CC21. The van der Waals surface area contributed by atoms with Gasteiger partial charge in [-0.2, -0.15) is 0 Å². The molecule has 2 unspecified atom stereocenters. The molecular weight excluding hydrogens is 166 g/mol. The lowest BCUT2D eigenvalue weighted by atomic mass is 9.93. The van der Waals surface area contributed by atoms with Crippen molar-refractivity contribution in [2.24, 2.45) is 5.92 Å². The van der Waals surface area contributed by atoms with Crippen LogP contribution >= 0.6 is 0 Å². The van der Waals surface area contributed by atoms with Gasteiger partial charge in [-0.3, -0.25) is 0 Å². The number of fused-ring (bicyclic) bond motifs is 1. The Morgan fingerprint density at radius 3 is 3.00 bits per heavy atom. The summed E-state index contributed by atoms with van der Waals surface area (Å²) in [5, 5.41) is 8.77.